The lowest BCUT2D eigenvalue weighted by atomic mass is 10.1. The van der Waals surface area contributed by atoms with Crippen molar-refractivity contribution < 1.29 is 9.18 Å². The Morgan fingerprint density at radius 1 is 1.30 bits per heavy atom. The Balaban J connectivity index is 1.54. The van der Waals surface area contributed by atoms with Crippen molar-refractivity contribution >= 4 is 23.5 Å². The van der Waals surface area contributed by atoms with Crippen molar-refractivity contribution in [2.75, 3.05) is 0 Å². The highest BCUT2D eigenvalue weighted by molar-refractivity contribution is 7.12. The van der Waals surface area contributed by atoms with Crippen LogP contribution in [0.3, 0.4) is 0 Å². The van der Waals surface area contributed by atoms with Crippen molar-refractivity contribution in [2.45, 2.75) is 6.42 Å². The van der Waals surface area contributed by atoms with Crippen LogP contribution in [0, 0.1) is 5.13 Å². The zero-order valence-electron chi connectivity index (χ0n) is 11.8. The molecule has 9 heteroatoms. The quantitative estimate of drug-likeness (QED) is 0.568. The molecule has 0 aliphatic heterocycles. The van der Waals surface area contributed by atoms with E-state index in [0.29, 0.717) is 4.88 Å². The van der Waals surface area contributed by atoms with Gasteiger partial charge in [0.1, 0.15) is 6.33 Å². The normalized spacial score (nSPS) is 11.0. The Kier molecular flexibility index (Phi) is 4.48. The summed E-state index contributed by atoms with van der Waals surface area (Å²) in [4.78, 5) is 12.4. The molecule has 3 rings (SSSR count). The van der Waals surface area contributed by atoms with Gasteiger partial charge in [-0.2, -0.15) is 9.49 Å². The number of benzene rings is 1. The molecule has 7 nitrogen and oxygen atoms in total. The van der Waals surface area contributed by atoms with Gasteiger partial charge < -0.3 is 0 Å². The first-order valence-electron chi connectivity index (χ1n) is 6.60. The number of amides is 1. The van der Waals surface area contributed by atoms with E-state index in [4.69, 9.17) is 0 Å². The maximum absolute atomic E-state index is 12.8. The Bertz CT molecular complexity index is 812. The van der Waals surface area contributed by atoms with Crippen molar-refractivity contribution in [1.29, 1.82) is 0 Å². The summed E-state index contributed by atoms with van der Waals surface area (Å²) in [7, 11) is 0. The van der Waals surface area contributed by atoms with Crippen molar-refractivity contribution in [2.24, 2.45) is 5.10 Å². The highest BCUT2D eigenvalue weighted by Crippen LogP contribution is 2.11. The fourth-order valence-electron chi connectivity index (χ4n) is 1.84. The molecular weight excluding hydrogens is 319 g/mol. The van der Waals surface area contributed by atoms with Gasteiger partial charge in [-0.3, -0.25) is 4.79 Å². The predicted octanol–water partition coefficient (Wildman–Crippen LogP) is 1.56. The van der Waals surface area contributed by atoms with E-state index in [-0.39, 0.29) is 17.5 Å². The van der Waals surface area contributed by atoms with Crippen molar-refractivity contribution in [3.05, 3.63) is 58.3 Å². The zero-order chi connectivity index (χ0) is 16.1. The summed E-state index contributed by atoms with van der Waals surface area (Å²) < 4.78 is 14.3. The van der Waals surface area contributed by atoms with Gasteiger partial charge in [0.15, 0.2) is 5.13 Å². The van der Waals surface area contributed by atoms with Crippen LogP contribution in [0.25, 0.3) is 5.69 Å². The summed E-state index contributed by atoms with van der Waals surface area (Å²) in [5.41, 5.74) is 4.04. The van der Waals surface area contributed by atoms with Crippen LogP contribution in [0.15, 0.2) is 47.8 Å². The number of hydrogen-bond acceptors (Lipinski definition) is 6. The molecule has 3 aromatic rings. The van der Waals surface area contributed by atoms with E-state index in [1.165, 1.54) is 23.3 Å². The minimum absolute atomic E-state index is 0.187. The summed E-state index contributed by atoms with van der Waals surface area (Å²) in [5.74, 6) is -0.256. The van der Waals surface area contributed by atoms with Gasteiger partial charge in [-0.15, -0.1) is 16.4 Å². The first-order chi connectivity index (χ1) is 11.2. The first kappa shape index (κ1) is 15.0. The molecule has 0 saturated carbocycles. The van der Waals surface area contributed by atoms with E-state index in [9.17, 15) is 9.18 Å². The Labute approximate surface area is 134 Å². The number of carbonyl (C=O) groups is 1. The van der Waals surface area contributed by atoms with Crippen LogP contribution in [-0.2, 0) is 11.2 Å². The molecule has 116 valence electrons. The average Bonchev–Trinajstić information content (AvgIpc) is 3.20. The van der Waals surface area contributed by atoms with Crippen molar-refractivity contribution in [3.63, 3.8) is 0 Å². The highest BCUT2D eigenvalue weighted by Gasteiger charge is 2.04. The van der Waals surface area contributed by atoms with Gasteiger partial charge in [0.25, 0.3) is 0 Å². The summed E-state index contributed by atoms with van der Waals surface area (Å²) in [5, 5.41) is 14.4. The summed E-state index contributed by atoms with van der Waals surface area (Å²) in [6.45, 7) is 0. The molecule has 2 heterocycles. The van der Waals surface area contributed by atoms with Gasteiger partial charge in [-0.05, 0) is 40.3 Å². The molecule has 23 heavy (non-hydrogen) atoms. The van der Waals surface area contributed by atoms with Gasteiger partial charge in [-0.1, -0.05) is 12.1 Å². The second-order valence-corrected chi connectivity index (χ2v) is 5.60. The standard InChI is InChI=1S/C14H11FN6OS/c15-13-6-5-12(23-13)8-16-18-14(22)7-10-1-3-11(4-2-10)21-9-17-19-20-21/h1-6,8-9H,7H2,(H,18,22)/b16-8-. The lowest BCUT2D eigenvalue weighted by Crippen LogP contribution is -2.19. The molecule has 1 aromatic carbocycles. The number of nitrogens with zero attached hydrogens (tertiary/aromatic N) is 5. The minimum atomic E-state index is -0.291. The number of thiophene rings is 1. The fourth-order valence-corrected chi connectivity index (χ4v) is 2.44. The maximum Gasteiger partial charge on any atom is 0.244 e. The summed E-state index contributed by atoms with van der Waals surface area (Å²) in [6.07, 6.45) is 3.09. The number of aromatic nitrogens is 4. The third-order valence-corrected chi connectivity index (χ3v) is 3.70. The van der Waals surface area contributed by atoms with Gasteiger partial charge in [0, 0.05) is 0 Å². The Morgan fingerprint density at radius 3 is 2.78 bits per heavy atom. The Hall–Kier alpha value is -2.94. The molecule has 0 radical (unpaired) electrons. The number of hydrogen-bond donors (Lipinski definition) is 1. The van der Waals surface area contributed by atoms with Gasteiger partial charge in [0.2, 0.25) is 5.91 Å². The first-order valence-corrected chi connectivity index (χ1v) is 7.42. The number of tetrazole rings is 1. The molecule has 0 aliphatic rings. The number of carbonyl (C=O) groups excluding carboxylic acids is 1. The average molecular weight is 330 g/mol. The number of nitrogens with one attached hydrogen (secondary N) is 1. The van der Waals surface area contributed by atoms with Crippen LogP contribution >= 0.6 is 11.3 Å². The molecular formula is C14H11FN6OS. The van der Waals surface area contributed by atoms with Gasteiger partial charge >= 0.3 is 0 Å². The predicted molar refractivity (Wildman–Crippen MR) is 82.9 cm³/mol. The van der Waals surface area contributed by atoms with E-state index in [0.717, 1.165) is 22.6 Å². The zero-order valence-corrected chi connectivity index (χ0v) is 12.6. The molecule has 0 bridgehead atoms. The fraction of sp³-hybridized carbons (Fsp3) is 0.0714. The van der Waals surface area contributed by atoms with E-state index in [1.54, 1.807) is 6.07 Å². The van der Waals surface area contributed by atoms with Crippen molar-refractivity contribution in [1.82, 2.24) is 25.6 Å². The molecule has 1 amide bonds. The van der Waals surface area contributed by atoms with Crippen LogP contribution in [0.1, 0.15) is 10.4 Å². The third-order valence-electron chi connectivity index (χ3n) is 2.89. The second-order valence-electron chi connectivity index (χ2n) is 4.53. The second kappa shape index (κ2) is 6.88. The topological polar surface area (TPSA) is 85.1 Å². The van der Waals surface area contributed by atoms with Crippen LogP contribution in [-0.4, -0.2) is 32.3 Å². The summed E-state index contributed by atoms with van der Waals surface area (Å²) >= 11 is 0.958. The van der Waals surface area contributed by atoms with E-state index in [1.807, 2.05) is 24.3 Å². The molecule has 0 fully saturated rings. The number of hydrazone groups is 1. The van der Waals surface area contributed by atoms with Crippen LogP contribution in [0.4, 0.5) is 4.39 Å². The van der Waals surface area contributed by atoms with Gasteiger partial charge in [-0.25, -0.2) is 10.1 Å². The number of halogens is 1. The third kappa shape index (κ3) is 4.04. The molecule has 1 N–H and O–H groups in total. The molecule has 0 spiro atoms. The molecule has 2 aromatic heterocycles. The summed E-state index contributed by atoms with van der Waals surface area (Å²) in [6, 6.07) is 10.2. The lowest BCUT2D eigenvalue weighted by Gasteiger charge is -2.02. The molecule has 0 aliphatic carbocycles. The smallest absolute Gasteiger partial charge is 0.244 e. The molecule has 0 saturated heterocycles. The largest absolute Gasteiger partial charge is 0.273 e. The van der Waals surface area contributed by atoms with E-state index < -0.39 is 0 Å². The highest BCUT2D eigenvalue weighted by atomic mass is 32.1. The van der Waals surface area contributed by atoms with Crippen LogP contribution in [0.2, 0.25) is 0 Å². The van der Waals surface area contributed by atoms with Gasteiger partial charge in [0.05, 0.1) is 23.2 Å². The molecule has 0 atom stereocenters. The van der Waals surface area contributed by atoms with E-state index in [2.05, 4.69) is 26.1 Å². The molecule has 0 unspecified atom stereocenters. The van der Waals surface area contributed by atoms with E-state index >= 15 is 0 Å². The maximum atomic E-state index is 12.8. The lowest BCUT2D eigenvalue weighted by molar-refractivity contribution is -0.120. The number of rotatable bonds is 5. The minimum Gasteiger partial charge on any atom is -0.273 e. The monoisotopic (exact) mass is 330 g/mol. The van der Waals surface area contributed by atoms with Crippen LogP contribution in [0.5, 0.6) is 0 Å². The SMILES string of the molecule is O=C(Cc1ccc(-n2cnnn2)cc1)N/N=C\c1ccc(F)s1. The van der Waals surface area contributed by atoms with Crippen molar-refractivity contribution in [3.8, 4) is 5.69 Å². The van der Waals surface area contributed by atoms with Crippen LogP contribution < -0.4 is 5.43 Å². The Morgan fingerprint density at radius 2 is 2.13 bits per heavy atom.